The highest BCUT2D eigenvalue weighted by Crippen LogP contribution is 2.31. The van der Waals surface area contributed by atoms with E-state index in [1.165, 1.54) is 0 Å². The Morgan fingerprint density at radius 3 is 3.08 bits per heavy atom. The van der Waals surface area contributed by atoms with Crippen molar-refractivity contribution in [2.75, 3.05) is 13.2 Å². The zero-order valence-electron chi connectivity index (χ0n) is 7.23. The number of hydrogen-bond acceptors (Lipinski definition) is 3. The van der Waals surface area contributed by atoms with E-state index < -0.39 is 6.10 Å². The van der Waals surface area contributed by atoms with Crippen LogP contribution < -0.4 is 4.74 Å². The molecule has 0 unspecified atom stereocenters. The zero-order valence-corrected chi connectivity index (χ0v) is 7.23. The fourth-order valence-electron chi connectivity index (χ4n) is 1.66. The second-order valence-electron chi connectivity index (χ2n) is 3.12. The Kier molecular flexibility index (Phi) is 2.20. The van der Waals surface area contributed by atoms with E-state index in [4.69, 9.17) is 9.84 Å². The summed E-state index contributed by atoms with van der Waals surface area (Å²) < 4.78 is 5.34. The van der Waals surface area contributed by atoms with E-state index >= 15 is 0 Å². The van der Waals surface area contributed by atoms with Crippen LogP contribution in [0.25, 0.3) is 0 Å². The molecule has 0 aromatic heterocycles. The number of hydrogen-bond donors (Lipinski definition) is 2. The maximum Gasteiger partial charge on any atom is 0.122 e. The molecule has 0 saturated heterocycles. The van der Waals surface area contributed by atoms with Gasteiger partial charge in [-0.05, 0) is 11.6 Å². The predicted octanol–water partition coefficient (Wildman–Crippen LogP) is 0.647. The van der Waals surface area contributed by atoms with Crippen LogP contribution in [-0.2, 0) is 6.42 Å². The van der Waals surface area contributed by atoms with E-state index in [2.05, 4.69) is 0 Å². The second-order valence-corrected chi connectivity index (χ2v) is 3.12. The van der Waals surface area contributed by atoms with Crippen LogP contribution in [0.5, 0.6) is 5.75 Å². The molecule has 0 radical (unpaired) electrons. The van der Waals surface area contributed by atoms with Gasteiger partial charge >= 0.3 is 0 Å². The number of fused-ring (bicyclic) bond motifs is 1. The van der Waals surface area contributed by atoms with Gasteiger partial charge in [0.15, 0.2) is 0 Å². The van der Waals surface area contributed by atoms with Crippen molar-refractivity contribution in [3.63, 3.8) is 0 Å². The molecule has 1 aromatic carbocycles. The van der Waals surface area contributed by atoms with Gasteiger partial charge in [0.05, 0.1) is 13.2 Å². The van der Waals surface area contributed by atoms with Gasteiger partial charge in [0.25, 0.3) is 0 Å². The van der Waals surface area contributed by atoms with Crippen molar-refractivity contribution in [2.24, 2.45) is 0 Å². The highest BCUT2D eigenvalue weighted by molar-refractivity contribution is 5.43. The summed E-state index contributed by atoms with van der Waals surface area (Å²) >= 11 is 0. The van der Waals surface area contributed by atoms with Gasteiger partial charge in [0.1, 0.15) is 11.9 Å². The van der Waals surface area contributed by atoms with Crippen LogP contribution in [0.2, 0.25) is 0 Å². The summed E-state index contributed by atoms with van der Waals surface area (Å²) in [7, 11) is 0. The van der Waals surface area contributed by atoms with Gasteiger partial charge in [-0.2, -0.15) is 0 Å². The largest absolute Gasteiger partial charge is 0.493 e. The van der Waals surface area contributed by atoms with E-state index in [1.807, 2.05) is 18.2 Å². The van der Waals surface area contributed by atoms with E-state index in [1.54, 1.807) is 0 Å². The Labute approximate surface area is 76.6 Å². The van der Waals surface area contributed by atoms with Crippen LogP contribution in [0.4, 0.5) is 0 Å². The molecule has 3 nitrogen and oxygen atoms in total. The van der Waals surface area contributed by atoms with Crippen molar-refractivity contribution in [3.05, 3.63) is 29.3 Å². The van der Waals surface area contributed by atoms with Crippen LogP contribution in [0.3, 0.4) is 0 Å². The van der Waals surface area contributed by atoms with E-state index in [9.17, 15) is 5.11 Å². The lowest BCUT2D eigenvalue weighted by atomic mass is 10.0. The molecule has 3 heteroatoms. The van der Waals surface area contributed by atoms with Crippen LogP contribution in [0.15, 0.2) is 18.2 Å². The summed E-state index contributed by atoms with van der Waals surface area (Å²) in [6, 6.07) is 5.54. The smallest absolute Gasteiger partial charge is 0.122 e. The Bertz CT molecular complexity index is 309. The predicted molar refractivity (Wildman–Crippen MR) is 47.7 cm³/mol. The van der Waals surface area contributed by atoms with Gasteiger partial charge < -0.3 is 14.9 Å². The summed E-state index contributed by atoms with van der Waals surface area (Å²) in [5.74, 6) is 0.838. The standard InChI is InChI=1S/C10H12O3/c11-6-9(12)7-2-1-3-10-8(7)4-5-13-10/h1-3,9,11-12H,4-6H2/t9-/m0/s1. The molecular weight excluding hydrogens is 168 g/mol. The van der Waals surface area contributed by atoms with Crippen LogP contribution in [0.1, 0.15) is 17.2 Å². The lowest BCUT2D eigenvalue weighted by Crippen LogP contribution is -2.04. The molecule has 1 aliphatic heterocycles. The van der Waals surface area contributed by atoms with Gasteiger partial charge in [0.2, 0.25) is 0 Å². The molecule has 2 rings (SSSR count). The number of rotatable bonds is 2. The lowest BCUT2D eigenvalue weighted by molar-refractivity contribution is 0.0950. The van der Waals surface area contributed by atoms with Gasteiger partial charge in [-0.15, -0.1) is 0 Å². The quantitative estimate of drug-likeness (QED) is 0.702. The molecule has 70 valence electrons. The number of ether oxygens (including phenoxy) is 1. The minimum Gasteiger partial charge on any atom is -0.493 e. The molecule has 0 bridgehead atoms. The Morgan fingerprint density at radius 1 is 1.46 bits per heavy atom. The highest BCUT2D eigenvalue weighted by atomic mass is 16.5. The van der Waals surface area contributed by atoms with E-state index in [-0.39, 0.29) is 6.61 Å². The van der Waals surface area contributed by atoms with Crippen molar-refractivity contribution in [1.82, 2.24) is 0 Å². The fourth-order valence-corrected chi connectivity index (χ4v) is 1.66. The first-order valence-corrected chi connectivity index (χ1v) is 4.36. The number of aliphatic hydroxyl groups excluding tert-OH is 2. The summed E-state index contributed by atoms with van der Waals surface area (Å²) in [6.45, 7) is 0.431. The van der Waals surface area contributed by atoms with Crippen LogP contribution >= 0.6 is 0 Å². The lowest BCUT2D eigenvalue weighted by Gasteiger charge is -2.10. The molecule has 0 fully saturated rings. The minimum absolute atomic E-state index is 0.240. The topological polar surface area (TPSA) is 49.7 Å². The molecule has 0 amide bonds. The minimum atomic E-state index is -0.781. The van der Waals surface area contributed by atoms with Crippen molar-refractivity contribution in [2.45, 2.75) is 12.5 Å². The molecule has 1 atom stereocenters. The monoisotopic (exact) mass is 180 g/mol. The van der Waals surface area contributed by atoms with Crippen molar-refractivity contribution >= 4 is 0 Å². The van der Waals surface area contributed by atoms with E-state index in [0.717, 1.165) is 23.3 Å². The SMILES string of the molecule is OC[C@H](O)c1cccc2c1CCO2. The third kappa shape index (κ3) is 1.41. The first-order valence-electron chi connectivity index (χ1n) is 4.36. The number of aliphatic hydroxyl groups is 2. The molecular formula is C10H12O3. The fraction of sp³-hybridized carbons (Fsp3) is 0.400. The molecule has 1 heterocycles. The summed E-state index contributed by atoms with van der Waals surface area (Å²) in [5.41, 5.74) is 1.82. The van der Waals surface area contributed by atoms with Crippen molar-refractivity contribution in [1.29, 1.82) is 0 Å². The second kappa shape index (κ2) is 3.36. The van der Waals surface area contributed by atoms with E-state index in [0.29, 0.717) is 6.61 Å². The Hall–Kier alpha value is -1.06. The first kappa shape index (κ1) is 8.53. The molecule has 1 aliphatic rings. The van der Waals surface area contributed by atoms with Crippen LogP contribution in [0, 0.1) is 0 Å². The van der Waals surface area contributed by atoms with Crippen molar-refractivity contribution in [3.8, 4) is 5.75 Å². The summed E-state index contributed by atoms with van der Waals surface area (Å²) in [6.07, 6.45) is 0.0411. The Balaban J connectivity index is 2.41. The maximum absolute atomic E-state index is 9.49. The number of benzene rings is 1. The average molecular weight is 180 g/mol. The molecule has 0 aliphatic carbocycles. The van der Waals surface area contributed by atoms with Gasteiger partial charge in [-0.25, -0.2) is 0 Å². The molecule has 13 heavy (non-hydrogen) atoms. The average Bonchev–Trinajstić information content (AvgIpc) is 2.63. The third-order valence-electron chi connectivity index (χ3n) is 2.31. The van der Waals surface area contributed by atoms with Crippen molar-refractivity contribution < 1.29 is 14.9 Å². The highest BCUT2D eigenvalue weighted by Gasteiger charge is 2.19. The van der Waals surface area contributed by atoms with Gasteiger partial charge in [-0.1, -0.05) is 12.1 Å². The molecule has 1 aromatic rings. The van der Waals surface area contributed by atoms with Gasteiger partial charge in [-0.3, -0.25) is 0 Å². The van der Waals surface area contributed by atoms with Crippen LogP contribution in [-0.4, -0.2) is 23.4 Å². The van der Waals surface area contributed by atoms with Gasteiger partial charge in [0, 0.05) is 12.0 Å². The summed E-state index contributed by atoms with van der Waals surface area (Å²) in [5, 5.41) is 18.3. The maximum atomic E-state index is 9.49. The zero-order chi connectivity index (χ0) is 9.26. The molecule has 0 spiro atoms. The third-order valence-corrected chi connectivity index (χ3v) is 2.31. The summed E-state index contributed by atoms with van der Waals surface area (Å²) in [4.78, 5) is 0. The Morgan fingerprint density at radius 2 is 2.31 bits per heavy atom. The normalized spacial score (nSPS) is 16.5. The first-order chi connectivity index (χ1) is 6.33. The molecule has 2 N–H and O–H groups in total. The molecule has 0 saturated carbocycles.